The fourth-order valence-electron chi connectivity index (χ4n) is 1.27. The van der Waals surface area contributed by atoms with Gasteiger partial charge in [-0.25, -0.2) is 4.79 Å². The Labute approximate surface area is 92.1 Å². The van der Waals surface area contributed by atoms with Crippen LogP contribution in [0.2, 0.25) is 0 Å². The van der Waals surface area contributed by atoms with Crippen molar-refractivity contribution in [2.24, 2.45) is 0 Å². The number of unbranched alkanes of at least 4 members (excludes halogenated alkanes) is 4. The van der Waals surface area contributed by atoms with Gasteiger partial charge in [0.2, 0.25) is 0 Å². The van der Waals surface area contributed by atoms with Gasteiger partial charge in [-0.3, -0.25) is 0 Å². The molecule has 0 saturated carbocycles. The summed E-state index contributed by atoms with van der Waals surface area (Å²) in [5.74, 6) is 2.44. The van der Waals surface area contributed by atoms with Crippen molar-refractivity contribution >= 4 is 6.16 Å². The molecule has 3 nitrogen and oxygen atoms in total. The summed E-state index contributed by atoms with van der Waals surface area (Å²) < 4.78 is 9.23. The summed E-state index contributed by atoms with van der Waals surface area (Å²) in [6, 6.07) is 0. The lowest BCUT2D eigenvalue weighted by Crippen LogP contribution is -2.16. The van der Waals surface area contributed by atoms with Gasteiger partial charge in [0.05, 0.1) is 7.11 Å². The number of carbonyl (C=O) groups is 1. The zero-order valence-electron chi connectivity index (χ0n) is 9.62. The highest BCUT2D eigenvalue weighted by Crippen LogP contribution is 2.09. The maximum Gasteiger partial charge on any atom is 0.509 e. The molecule has 0 aromatic carbocycles. The molecule has 0 aromatic heterocycles. The fourth-order valence-corrected chi connectivity index (χ4v) is 1.27. The number of carbonyl (C=O) groups excluding carboxylic acids is 1. The maximum absolute atomic E-state index is 10.8. The van der Waals surface area contributed by atoms with Crippen molar-refractivity contribution in [3.8, 4) is 12.3 Å². The first-order chi connectivity index (χ1) is 7.24. The first-order valence-electron chi connectivity index (χ1n) is 5.45. The Balaban J connectivity index is 3.54. The summed E-state index contributed by atoms with van der Waals surface area (Å²) in [4.78, 5) is 10.8. The lowest BCUT2D eigenvalue weighted by Gasteiger charge is -2.10. The average Bonchev–Trinajstić information content (AvgIpc) is 2.26. The first kappa shape index (κ1) is 13.8. The lowest BCUT2D eigenvalue weighted by molar-refractivity contribution is 0.0522. The Morgan fingerprint density at radius 1 is 1.33 bits per heavy atom. The van der Waals surface area contributed by atoms with Crippen LogP contribution in [-0.4, -0.2) is 19.4 Å². The normalized spacial score (nSPS) is 11.5. The van der Waals surface area contributed by atoms with Crippen molar-refractivity contribution in [3.05, 3.63) is 0 Å². The monoisotopic (exact) mass is 212 g/mol. The Bertz CT molecular complexity index is 205. The highest BCUT2D eigenvalue weighted by Gasteiger charge is 2.10. The van der Waals surface area contributed by atoms with Crippen LogP contribution in [0.15, 0.2) is 0 Å². The van der Waals surface area contributed by atoms with Gasteiger partial charge in [0, 0.05) is 0 Å². The number of ether oxygens (including phenoxy) is 2. The Kier molecular flexibility index (Phi) is 8.66. The molecule has 0 bridgehead atoms. The summed E-state index contributed by atoms with van der Waals surface area (Å²) in [5.41, 5.74) is 0. The van der Waals surface area contributed by atoms with Crippen LogP contribution >= 0.6 is 0 Å². The van der Waals surface area contributed by atoms with E-state index in [-0.39, 0.29) is 0 Å². The van der Waals surface area contributed by atoms with Crippen LogP contribution in [0.25, 0.3) is 0 Å². The number of hydrogen-bond acceptors (Lipinski definition) is 3. The minimum Gasteiger partial charge on any atom is -0.438 e. The van der Waals surface area contributed by atoms with Crippen LogP contribution < -0.4 is 0 Å². The van der Waals surface area contributed by atoms with E-state index in [9.17, 15) is 4.79 Å². The highest BCUT2D eigenvalue weighted by molar-refractivity contribution is 5.60. The van der Waals surface area contributed by atoms with Gasteiger partial charge in [-0.2, -0.15) is 0 Å². The molecule has 86 valence electrons. The van der Waals surface area contributed by atoms with Gasteiger partial charge < -0.3 is 9.47 Å². The van der Waals surface area contributed by atoms with E-state index in [0.29, 0.717) is 0 Å². The van der Waals surface area contributed by atoms with Crippen molar-refractivity contribution in [2.75, 3.05) is 7.11 Å². The molecule has 0 aliphatic carbocycles. The van der Waals surface area contributed by atoms with E-state index < -0.39 is 12.3 Å². The van der Waals surface area contributed by atoms with E-state index in [1.807, 2.05) is 0 Å². The van der Waals surface area contributed by atoms with Gasteiger partial charge in [-0.05, 0) is 12.8 Å². The summed E-state index contributed by atoms with van der Waals surface area (Å²) in [5, 5.41) is 0. The summed E-state index contributed by atoms with van der Waals surface area (Å²) in [6.07, 6.45) is 10.6. The maximum atomic E-state index is 10.8. The molecule has 0 N–H and O–H groups in total. The zero-order valence-corrected chi connectivity index (χ0v) is 9.62. The second-order valence-corrected chi connectivity index (χ2v) is 3.43. The van der Waals surface area contributed by atoms with Crippen LogP contribution in [-0.2, 0) is 9.47 Å². The second kappa shape index (κ2) is 9.39. The first-order valence-corrected chi connectivity index (χ1v) is 5.45. The molecule has 0 heterocycles. The lowest BCUT2D eigenvalue weighted by atomic mass is 10.1. The minimum atomic E-state index is -0.702. The Morgan fingerprint density at radius 2 is 2.00 bits per heavy atom. The van der Waals surface area contributed by atoms with Crippen molar-refractivity contribution < 1.29 is 14.3 Å². The van der Waals surface area contributed by atoms with Crippen LogP contribution in [0.5, 0.6) is 0 Å². The molecular formula is C12H20O3. The molecule has 0 amide bonds. The van der Waals surface area contributed by atoms with Crippen molar-refractivity contribution in [1.29, 1.82) is 0 Å². The van der Waals surface area contributed by atoms with Gasteiger partial charge in [0.1, 0.15) is 0 Å². The van der Waals surface area contributed by atoms with E-state index in [2.05, 4.69) is 17.6 Å². The van der Waals surface area contributed by atoms with Crippen molar-refractivity contribution in [3.63, 3.8) is 0 Å². The molecule has 0 aromatic rings. The molecule has 0 radical (unpaired) electrons. The van der Waals surface area contributed by atoms with E-state index in [1.54, 1.807) is 0 Å². The second-order valence-electron chi connectivity index (χ2n) is 3.43. The van der Waals surface area contributed by atoms with Gasteiger partial charge in [-0.1, -0.05) is 38.5 Å². The minimum absolute atomic E-state index is 0.445. The van der Waals surface area contributed by atoms with E-state index in [1.165, 1.54) is 26.4 Å². The molecule has 1 unspecified atom stereocenters. The molecule has 0 saturated heterocycles. The molecule has 3 heteroatoms. The van der Waals surface area contributed by atoms with Gasteiger partial charge in [0.15, 0.2) is 6.10 Å². The van der Waals surface area contributed by atoms with E-state index >= 15 is 0 Å². The largest absolute Gasteiger partial charge is 0.509 e. The SMILES string of the molecule is C#CC(CCCCCCC)OC(=O)OC. The van der Waals surface area contributed by atoms with Crippen molar-refractivity contribution in [2.45, 2.75) is 51.6 Å². The van der Waals surface area contributed by atoms with Crippen LogP contribution in [0.3, 0.4) is 0 Å². The van der Waals surface area contributed by atoms with Crippen molar-refractivity contribution in [1.82, 2.24) is 0 Å². The predicted octanol–water partition coefficient (Wildman–Crippen LogP) is 3.13. The molecular weight excluding hydrogens is 192 g/mol. The Morgan fingerprint density at radius 3 is 2.53 bits per heavy atom. The summed E-state index contributed by atoms with van der Waals surface area (Å²) in [7, 11) is 1.27. The van der Waals surface area contributed by atoms with Gasteiger partial charge in [0.25, 0.3) is 0 Å². The fraction of sp³-hybridized carbons (Fsp3) is 0.750. The molecule has 0 aliphatic rings. The Hall–Kier alpha value is -1.17. The average molecular weight is 212 g/mol. The molecule has 0 fully saturated rings. The highest BCUT2D eigenvalue weighted by atomic mass is 16.7. The third-order valence-electron chi connectivity index (χ3n) is 2.16. The third-order valence-corrected chi connectivity index (χ3v) is 2.16. The van der Waals surface area contributed by atoms with Gasteiger partial charge >= 0.3 is 6.16 Å². The molecule has 0 spiro atoms. The van der Waals surface area contributed by atoms with E-state index in [4.69, 9.17) is 11.2 Å². The third kappa shape index (κ3) is 7.87. The topological polar surface area (TPSA) is 35.5 Å². The van der Waals surface area contributed by atoms with Gasteiger partial charge in [-0.15, -0.1) is 6.42 Å². The summed E-state index contributed by atoms with van der Waals surface area (Å²) in [6.45, 7) is 2.17. The van der Waals surface area contributed by atoms with E-state index in [0.717, 1.165) is 19.3 Å². The predicted molar refractivity (Wildman–Crippen MR) is 59.5 cm³/mol. The zero-order chi connectivity index (χ0) is 11.5. The molecule has 15 heavy (non-hydrogen) atoms. The molecule has 0 rings (SSSR count). The smallest absolute Gasteiger partial charge is 0.438 e. The number of methoxy groups -OCH3 is 1. The molecule has 0 aliphatic heterocycles. The number of rotatable bonds is 7. The quantitative estimate of drug-likeness (QED) is 0.369. The number of hydrogen-bond donors (Lipinski definition) is 0. The number of terminal acetylenes is 1. The van der Waals surface area contributed by atoms with Crippen LogP contribution in [0, 0.1) is 12.3 Å². The van der Waals surface area contributed by atoms with Crippen LogP contribution in [0.4, 0.5) is 4.79 Å². The standard InChI is InChI=1S/C12H20O3/c1-4-6-7-8-9-10-11(5-2)15-12(13)14-3/h2,11H,4,6-10H2,1,3H3. The van der Waals surface area contributed by atoms with Crippen LogP contribution in [0.1, 0.15) is 45.4 Å². The molecule has 1 atom stereocenters. The summed E-state index contributed by atoms with van der Waals surface area (Å²) >= 11 is 0.